The van der Waals surface area contributed by atoms with Gasteiger partial charge in [0, 0.05) is 30.2 Å². The third-order valence-corrected chi connectivity index (χ3v) is 4.50. The van der Waals surface area contributed by atoms with Gasteiger partial charge in [-0.05, 0) is 36.6 Å². The molecule has 2 heterocycles. The minimum Gasteiger partial charge on any atom is -0.481 e. The molecule has 3 rings (SSSR count). The van der Waals surface area contributed by atoms with Gasteiger partial charge in [-0.25, -0.2) is 4.98 Å². The number of anilines is 1. The third-order valence-electron chi connectivity index (χ3n) is 3.56. The van der Waals surface area contributed by atoms with Gasteiger partial charge in [-0.1, -0.05) is 0 Å². The van der Waals surface area contributed by atoms with E-state index in [1.54, 1.807) is 0 Å². The van der Waals surface area contributed by atoms with Gasteiger partial charge in [0.2, 0.25) is 0 Å². The average Bonchev–Trinajstić information content (AvgIpc) is 2.86. The minimum absolute atomic E-state index is 0.00974. The predicted molar refractivity (Wildman–Crippen MR) is 80.5 cm³/mol. The molecule has 5 heteroatoms. The summed E-state index contributed by atoms with van der Waals surface area (Å²) in [5, 5.41) is 11.5. The van der Waals surface area contributed by atoms with Crippen LogP contribution in [0.5, 0.6) is 0 Å². The second-order valence-electron chi connectivity index (χ2n) is 5.08. The van der Waals surface area contributed by atoms with Crippen LogP contribution in [0.15, 0.2) is 23.6 Å². The first-order valence-electron chi connectivity index (χ1n) is 6.64. The number of aryl methyl sites for hydroxylation is 1. The number of aliphatic carboxylic acids is 1. The standard InChI is InChI=1S/C15H16N2O2S/c1-17-6-2-3-10-7-11(4-5-13(10)17)15-16-12(9-20-15)8-14(18)19/h4-5,7,9H,2-3,6,8H2,1H3,(H,18,19). The Morgan fingerprint density at radius 1 is 1.50 bits per heavy atom. The number of nitrogens with zero attached hydrogens (tertiary/aromatic N) is 2. The molecule has 1 aromatic heterocycles. The Labute approximate surface area is 121 Å². The molecule has 0 radical (unpaired) electrons. The van der Waals surface area contributed by atoms with Crippen LogP contribution in [-0.2, 0) is 17.6 Å². The molecule has 0 bridgehead atoms. The molecule has 0 fully saturated rings. The Balaban J connectivity index is 1.91. The van der Waals surface area contributed by atoms with Crippen LogP contribution >= 0.6 is 11.3 Å². The Bertz CT molecular complexity index is 651. The van der Waals surface area contributed by atoms with Crippen LogP contribution < -0.4 is 4.90 Å². The summed E-state index contributed by atoms with van der Waals surface area (Å²) < 4.78 is 0. The van der Waals surface area contributed by atoms with E-state index in [2.05, 4.69) is 35.1 Å². The summed E-state index contributed by atoms with van der Waals surface area (Å²) in [6, 6.07) is 6.40. The molecule has 1 aromatic carbocycles. The summed E-state index contributed by atoms with van der Waals surface area (Å²) in [6.07, 6.45) is 2.26. The van der Waals surface area contributed by atoms with Crippen molar-refractivity contribution in [3.05, 3.63) is 34.8 Å². The first kappa shape index (κ1) is 13.1. The summed E-state index contributed by atoms with van der Waals surface area (Å²) >= 11 is 1.51. The van der Waals surface area contributed by atoms with Gasteiger partial charge in [-0.2, -0.15) is 0 Å². The minimum atomic E-state index is -0.839. The van der Waals surface area contributed by atoms with E-state index in [0.717, 1.165) is 23.5 Å². The molecular weight excluding hydrogens is 272 g/mol. The molecule has 104 valence electrons. The van der Waals surface area contributed by atoms with Crippen LogP contribution in [0.25, 0.3) is 10.6 Å². The van der Waals surface area contributed by atoms with E-state index in [9.17, 15) is 4.79 Å². The number of aromatic nitrogens is 1. The van der Waals surface area contributed by atoms with Crippen molar-refractivity contribution in [1.82, 2.24) is 4.98 Å². The average molecular weight is 288 g/mol. The van der Waals surface area contributed by atoms with Gasteiger partial charge in [0.25, 0.3) is 0 Å². The topological polar surface area (TPSA) is 53.4 Å². The Morgan fingerprint density at radius 3 is 3.15 bits per heavy atom. The van der Waals surface area contributed by atoms with Crippen LogP contribution in [0.1, 0.15) is 17.7 Å². The van der Waals surface area contributed by atoms with Gasteiger partial charge in [0.15, 0.2) is 0 Å². The lowest BCUT2D eigenvalue weighted by atomic mass is 10.00. The summed E-state index contributed by atoms with van der Waals surface area (Å²) in [4.78, 5) is 17.4. The molecule has 0 saturated heterocycles. The van der Waals surface area contributed by atoms with Crippen molar-refractivity contribution >= 4 is 23.0 Å². The fraction of sp³-hybridized carbons (Fsp3) is 0.333. The van der Waals surface area contributed by atoms with Crippen LogP contribution in [-0.4, -0.2) is 29.7 Å². The molecule has 1 N–H and O–H groups in total. The Morgan fingerprint density at radius 2 is 2.35 bits per heavy atom. The van der Waals surface area contributed by atoms with E-state index >= 15 is 0 Å². The number of hydrogen-bond acceptors (Lipinski definition) is 4. The van der Waals surface area contributed by atoms with Gasteiger partial charge in [-0.15, -0.1) is 11.3 Å². The number of carbonyl (C=O) groups is 1. The maximum absolute atomic E-state index is 10.7. The molecule has 4 nitrogen and oxygen atoms in total. The Kier molecular flexibility index (Phi) is 3.44. The third kappa shape index (κ3) is 2.54. The number of benzene rings is 1. The molecule has 0 saturated carbocycles. The van der Waals surface area contributed by atoms with Crippen molar-refractivity contribution in [2.24, 2.45) is 0 Å². The Hall–Kier alpha value is -1.88. The summed E-state index contributed by atoms with van der Waals surface area (Å²) in [6.45, 7) is 1.10. The van der Waals surface area contributed by atoms with Gasteiger partial charge < -0.3 is 10.0 Å². The summed E-state index contributed by atoms with van der Waals surface area (Å²) in [7, 11) is 2.12. The summed E-state index contributed by atoms with van der Waals surface area (Å²) in [5.41, 5.74) is 4.36. The highest BCUT2D eigenvalue weighted by Gasteiger charge is 2.15. The lowest BCUT2D eigenvalue weighted by molar-refractivity contribution is -0.136. The molecule has 20 heavy (non-hydrogen) atoms. The second kappa shape index (κ2) is 5.25. The van der Waals surface area contributed by atoms with E-state index in [-0.39, 0.29) is 6.42 Å². The van der Waals surface area contributed by atoms with Crippen molar-refractivity contribution in [3.63, 3.8) is 0 Å². The molecule has 0 spiro atoms. The SMILES string of the molecule is CN1CCCc2cc(-c3nc(CC(=O)O)cs3)ccc21. The highest BCUT2D eigenvalue weighted by atomic mass is 32.1. The van der Waals surface area contributed by atoms with E-state index in [1.165, 1.54) is 29.0 Å². The zero-order chi connectivity index (χ0) is 14.1. The predicted octanol–water partition coefficient (Wildman–Crippen LogP) is 2.82. The largest absolute Gasteiger partial charge is 0.481 e. The second-order valence-corrected chi connectivity index (χ2v) is 5.94. The van der Waals surface area contributed by atoms with Crippen molar-refractivity contribution in [1.29, 1.82) is 0 Å². The van der Waals surface area contributed by atoms with Gasteiger partial charge in [-0.3, -0.25) is 4.79 Å². The highest BCUT2D eigenvalue weighted by Crippen LogP contribution is 2.32. The fourth-order valence-electron chi connectivity index (χ4n) is 2.59. The maximum atomic E-state index is 10.7. The number of fused-ring (bicyclic) bond motifs is 1. The fourth-order valence-corrected chi connectivity index (χ4v) is 3.41. The molecule has 0 amide bonds. The van der Waals surface area contributed by atoms with Crippen LogP contribution in [0.3, 0.4) is 0 Å². The molecule has 2 aromatic rings. The maximum Gasteiger partial charge on any atom is 0.309 e. The van der Waals surface area contributed by atoms with Gasteiger partial charge in [0.05, 0.1) is 12.1 Å². The van der Waals surface area contributed by atoms with Crippen LogP contribution in [0.2, 0.25) is 0 Å². The van der Waals surface area contributed by atoms with Crippen molar-refractivity contribution in [2.45, 2.75) is 19.3 Å². The zero-order valence-corrected chi connectivity index (χ0v) is 12.1. The monoisotopic (exact) mass is 288 g/mol. The van der Waals surface area contributed by atoms with E-state index in [0.29, 0.717) is 5.69 Å². The van der Waals surface area contributed by atoms with Gasteiger partial charge in [0.1, 0.15) is 5.01 Å². The number of hydrogen-bond donors (Lipinski definition) is 1. The van der Waals surface area contributed by atoms with E-state index < -0.39 is 5.97 Å². The molecule has 0 unspecified atom stereocenters. The quantitative estimate of drug-likeness (QED) is 0.943. The summed E-state index contributed by atoms with van der Waals surface area (Å²) in [5.74, 6) is -0.839. The highest BCUT2D eigenvalue weighted by molar-refractivity contribution is 7.13. The number of carboxylic acid groups (broad SMARTS) is 1. The zero-order valence-electron chi connectivity index (χ0n) is 11.3. The van der Waals surface area contributed by atoms with Crippen LogP contribution in [0, 0.1) is 0 Å². The number of rotatable bonds is 3. The normalized spacial score (nSPS) is 14.2. The van der Waals surface area contributed by atoms with E-state index in [1.807, 2.05) is 5.38 Å². The smallest absolute Gasteiger partial charge is 0.309 e. The molecule has 0 aliphatic carbocycles. The van der Waals surface area contributed by atoms with Crippen molar-refractivity contribution < 1.29 is 9.90 Å². The molecular formula is C15H16N2O2S. The van der Waals surface area contributed by atoms with Crippen molar-refractivity contribution in [2.75, 3.05) is 18.5 Å². The van der Waals surface area contributed by atoms with E-state index in [4.69, 9.17) is 5.11 Å². The molecule has 0 atom stereocenters. The number of carboxylic acids is 1. The number of thiazole rings is 1. The molecule has 1 aliphatic rings. The van der Waals surface area contributed by atoms with Crippen LogP contribution in [0.4, 0.5) is 5.69 Å². The first-order valence-corrected chi connectivity index (χ1v) is 7.52. The van der Waals surface area contributed by atoms with Gasteiger partial charge >= 0.3 is 5.97 Å². The lowest BCUT2D eigenvalue weighted by Gasteiger charge is -2.27. The molecule has 1 aliphatic heterocycles. The lowest BCUT2D eigenvalue weighted by Crippen LogP contribution is -2.24. The first-order chi connectivity index (χ1) is 9.63. The van der Waals surface area contributed by atoms with Crippen molar-refractivity contribution in [3.8, 4) is 10.6 Å².